The molecule has 0 spiro atoms. The minimum Gasteiger partial charge on any atom is -0.319 e. The summed E-state index contributed by atoms with van der Waals surface area (Å²) in [5.74, 6) is -0.881. The number of nitro benzene ring substituents is 1. The molecule has 0 bridgehead atoms. The van der Waals surface area contributed by atoms with Crippen LogP contribution < -0.4 is 10.0 Å². The fourth-order valence-electron chi connectivity index (χ4n) is 3.59. The minimum atomic E-state index is -3.79. The van der Waals surface area contributed by atoms with Crippen LogP contribution in [-0.4, -0.2) is 45.0 Å². The number of anilines is 1. The maximum atomic E-state index is 13.0. The van der Waals surface area contributed by atoms with Gasteiger partial charge >= 0.3 is 0 Å². The molecule has 4 aromatic rings. The van der Waals surface area contributed by atoms with E-state index in [9.17, 15) is 23.3 Å². The van der Waals surface area contributed by atoms with Gasteiger partial charge in [0, 0.05) is 22.9 Å². The lowest BCUT2D eigenvalue weighted by atomic mass is 10.1. The Kier molecular flexibility index (Phi) is 7.26. The van der Waals surface area contributed by atoms with Gasteiger partial charge < -0.3 is 5.32 Å². The zero-order chi connectivity index (χ0) is 27.7. The largest absolute Gasteiger partial charge is 0.319 e. The summed E-state index contributed by atoms with van der Waals surface area (Å²) in [6.45, 7) is 5.28. The molecule has 0 aliphatic carbocycles. The molecule has 0 aliphatic heterocycles. The number of hydrogen-bond acceptors (Lipinski definition) is 8. The fourth-order valence-corrected chi connectivity index (χ4v) is 5.43. The van der Waals surface area contributed by atoms with Gasteiger partial charge in [-0.2, -0.15) is 4.68 Å². The van der Waals surface area contributed by atoms with E-state index in [1.54, 1.807) is 63.2 Å². The van der Waals surface area contributed by atoms with Gasteiger partial charge in [0.15, 0.2) is 0 Å². The Morgan fingerprint density at radius 3 is 2.39 bits per heavy atom. The molecule has 0 atom stereocenters. The monoisotopic (exact) mass is 555 g/mol. The molecule has 196 valence electrons. The zero-order valence-corrected chi connectivity index (χ0v) is 22.0. The third kappa shape index (κ3) is 5.85. The standard InChI is InChI=1S/C24H22ClN7O5S/c1-24(2,3)28-38(36,37)21-7-5-4-6-18(21)15-8-10-16(11-9-15)26-23(33)22-27-29-30-31(22)17-12-13-19(25)20(14-17)32(34)35/h4-14,28H,1-3H3,(H,26,33). The highest BCUT2D eigenvalue weighted by Crippen LogP contribution is 2.30. The number of nitro groups is 1. The van der Waals surface area contributed by atoms with Crippen LogP contribution in [-0.2, 0) is 10.0 Å². The molecule has 14 heteroatoms. The molecule has 12 nitrogen and oxygen atoms in total. The van der Waals surface area contributed by atoms with Crippen molar-refractivity contribution in [2.45, 2.75) is 31.2 Å². The van der Waals surface area contributed by atoms with Crippen LogP contribution in [0.4, 0.5) is 11.4 Å². The minimum absolute atomic E-state index is 0.0681. The van der Waals surface area contributed by atoms with Crippen LogP contribution in [0.15, 0.2) is 71.6 Å². The summed E-state index contributed by atoms with van der Waals surface area (Å²) in [5, 5.41) is 24.8. The van der Waals surface area contributed by atoms with Crippen LogP contribution in [0.3, 0.4) is 0 Å². The van der Waals surface area contributed by atoms with Gasteiger partial charge in [-0.05, 0) is 67.1 Å². The maximum Gasteiger partial charge on any atom is 0.295 e. The smallest absolute Gasteiger partial charge is 0.295 e. The van der Waals surface area contributed by atoms with Crippen LogP contribution in [0.5, 0.6) is 0 Å². The van der Waals surface area contributed by atoms with Crippen LogP contribution in [0.1, 0.15) is 31.4 Å². The number of carbonyl (C=O) groups is 1. The Morgan fingerprint density at radius 1 is 1.05 bits per heavy atom. The average molecular weight is 556 g/mol. The highest BCUT2D eigenvalue weighted by Gasteiger charge is 2.25. The van der Waals surface area contributed by atoms with Gasteiger partial charge in [-0.3, -0.25) is 14.9 Å². The van der Waals surface area contributed by atoms with Crippen molar-refractivity contribution in [3.63, 3.8) is 0 Å². The van der Waals surface area contributed by atoms with Crippen molar-refractivity contribution in [1.29, 1.82) is 0 Å². The molecule has 3 aromatic carbocycles. The quantitative estimate of drug-likeness (QED) is 0.253. The normalized spacial score (nSPS) is 11.8. The number of carbonyl (C=O) groups excluding carboxylic acids is 1. The topological polar surface area (TPSA) is 162 Å². The second-order valence-corrected chi connectivity index (χ2v) is 11.2. The molecule has 0 saturated carbocycles. The second-order valence-electron chi connectivity index (χ2n) is 9.19. The lowest BCUT2D eigenvalue weighted by molar-refractivity contribution is -0.384. The van der Waals surface area contributed by atoms with Crippen molar-refractivity contribution in [1.82, 2.24) is 24.9 Å². The van der Waals surface area contributed by atoms with Crippen LogP contribution in [0.2, 0.25) is 5.02 Å². The summed E-state index contributed by atoms with van der Waals surface area (Å²) in [7, 11) is -3.79. The van der Waals surface area contributed by atoms with E-state index in [2.05, 4.69) is 25.6 Å². The molecule has 0 unspecified atom stereocenters. The van der Waals surface area contributed by atoms with Gasteiger partial charge in [0.05, 0.1) is 15.5 Å². The van der Waals surface area contributed by atoms with Crippen LogP contribution in [0.25, 0.3) is 16.8 Å². The van der Waals surface area contributed by atoms with E-state index in [0.717, 1.165) is 10.7 Å². The molecular weight excluding hydrogens is 534 g/mol. The number of benzene rings is 3. The Labute approximate surface area is 222 Å². The van der Waals surface area contributed by atoms with E-state index in [1.807, 2.05) is 0 Å². The number of hydrogen-bond donors (Lipinski definition) is 2. The Hall–Kier alpha value is -4.20. The van der Waals surface area contributed by atoms with Crippen molar-refractivity contribution in [3.05, 3.63) is 87.7 Å². The molecule has 4 rings (SSSR count). The number of tetrazole rings is 1. The second kappa shape index (κ2) is 10.3. The molecule has 0 fully saturated rings. The van der Waals surface area contributed by atoms with Crippen molar-refractivity contribution < 1.29 is 18.1 Å². The number of halogens is 1. The van der Waals surface area contributed by atoms with E-state index in [0.29, 0.717) is 16.8 Å². The number of aromatic nitrogens is 4. The van der Waals surface area contributed by atoms with E-state index >= 15 is 0 Å². The zero-order valence-electron chi connectivity index (χ0n) is 20.4. The molecule has 2 N–H and O–H groups in total. The van der Waals surface area contributed by atoms with Crippen molar-refractivity contribution >= 4 is 38.9 Å². The molecule has 1 amide bonds. The van der Waals surface area contributed by atoms with Gasteiger partial charge in [0.2, 0.25) is 15.8 Å². The van der Waals surface area contributed by atoms with Gasteiger partial charge in [-0.15, -0.1) is 5.10 Å². The Morgan fingerprint density at radius 2 is 1.74 bits per heavy atom. The molecule has 0 saturated heterocycles. The Bertz CT molecular complexity index is 1630. The van der Waals surface area contributed by atoms with Gasteiger partial charge in [0.25, 0.3) is 11.6 Å². The number of rotatable bonds is 7. The summed E-state index contributed by atoms with van der Waals surface area (Å²) in [6, 6.07) is 17.1. The fraction of sp³-hybridized carbons (Fsp3) is 0.167. The summed E-state index contributed by atoms with van der Waals surface area (Å²) in [5.41, 5.74) is 0.664. The van der Waals surface area contributed by atoms with Crippen LogP contribution >= 0.6 is 11.6 Å². The lowest BCUT2D eigenvalue weighted by Crippen LogP contribution is -2.40. The van der Waals surface area contributed by atoms with Crippen molar-refractivity contribution in [2.24, 2.45) is 0 Å². The van der Waals surface area contributed by atoms with E-state index in [4.69, 9.17) is 11.6 Å². The summed E-state index contributed by atoms with van der Waals surface area (Å²) >= 11 is 5.86. The summed E-state index contributed by atoms with van der Waals surface area (Å²) in [4.78, 5) is 23.6. The first-order valence-electron chi connectivity index (χ1n) is 11.1. The average Bonchev–Trinajstić information content (AvgIpc) is 3.33. The van der Waals surface area contributed by atoms with Gasteiger partial charge in [0.1, 0.15) is 5.02 Å². The highest BCUT2D eigenvalue weighted by molar-refractivity contribution is 7.89. The van der Waals surface area contributed by atoms with Gasteiger partial charge in [-0.1, -0.05) is 41.9 Å². The third-order valence-corrected chi connectivity index (χ3v) is 7.25. The molecule has 1 aromatic heterocycles. The van der Waals surface area contributed by atoms with Crippen molar-refractivity contribution in [3.8, 4) is 16.8 Å². The first-order valence-corrected chi connectivity index (χ1v) is 13.0. The first-order chi connectivity index (χ1) is 17.9. The Balaban J connectivity index is 1.58. The van der Waals surface area contributed by atoms with E-state index in [1.165, 1.54) is 18.2 Å². The molecular formula is C24H22ClN7O5S. The summed E-state index contributed by atoms with van der Waals surface area (Å²) in [6.07, 6.45) is 0. The van der Waals surface area contributed by atoms with Crippen LogP contribution in [0, 0.1) is 10.1 Å². The molecule has 38 heavy (non-hydrogen) atoms. The predicted octanol–water partition coefficient (Wildman–Crippen LogP) is 4.22. The molecule has 0 radical (unpaired) electrons. The number of amides is 1. The summed E-state index contributed by atoms with van der Waals surface area (Å²) < 4.78 is 29.7. The van der Waals surface area contributed by atoms with Crippen molar-refractivity contribution in [2.75, 3.05) is 5.32 Å². The number of nitrogens with one attached hydrogen (secondary N) is 2. The maximum absolute atomic E-state index is 13.0. The number of sulfonamides is 1. The highest BCUT2D eigenvalue weighted by atomic mass is 35.5. The van der Waals surface area contributed by atoms with E-state index < -0.39 is 26.4 Å². The molecule has 1 heterocycles. The third-order valence-electron chi connectivity index (χ3n) is 5.11. The van der Waals surface area contributed by atoms with E-state index in [-0.39, 0.29) is 27.1 Å². The lowest BCUT2D eigenvalue weighted by Gasteiger charge is -2.21. The molecule has 0 aliphatic rings. The SMILES string of the molecule is CC(C)(C)NS(=O)(=O)c1ccccc1-c1ccc(NC(=O)c2nnnn2-c2ccc(Cl)c([N+](=O)[O-])c2)cc1. The number of nitrogens with zero attached hydrogens (tertiary/aromatic N) is 5. The predicted molar refractivity (Wildman–Crippen MR) is 141 cm³/mol. The first kappa shape index (κ1) is 26.9. The van der Waals surface area contributed by atoms with Gasteiger partial charge in [-0.25, -0.2) is 13.1 Å².